The Morgan fingerprint density at radius 1 is 1.12 bits per heavy atom. The summed E-state index contributed by atoms with van der Waals surface area (Å²) >= 11 is 0. The van der Waals surface area contributed by atoms with Crippen LogP contribution in [-0.4, -0.2) is 26.6 Å². The van der Waals surface area contributed by atoms with Crippen molar-refractivity contribution in [3.63, 3.8) is 0 Å². The second kappa shape index (κ2) is 8.01. The third-order valence-electron chi connectivity index (χ3n) is 4.53. The van der Waals surface area contributed by atoms with Gasteiger partial charge in [0.05, 0.1) is 0 Å². The second-order valence-corrected chi connectivity index (χ2v) is 6.40. The summed E-state index contributed by atoms with van der Waals surface area (Å²) < 4.78 is 13.2. The molecule has 5 heteroatoms. The fourth-order valence-electron chi connectivity index (χ4n) is 3.19. The van der Waals surface area contributed by atoms with Crippen LogP contribution in [0.25, 0.3) is 0 Å². The van der Waals surface area contributed by atoms with Crippen molar-refractivity contribution in [2.24, 2.45) is 4.99 Å². The van der Waals surface area contributed by atoms with Crippen LogP contribution in [0.5, 0.6) is 0 Å². The van der Waals surface area contributed by atoms with Gasteiger partial charge in [-0.15, -0.1) is 0 Å². The number of hydrogen-bond acceptors (Lipinski definition) is 2. The lowest BCUT2D eigenvalue weighted by Crippen LogP contribution is -2.36. The number of anilines is 1. The Morgan fingerprint density at radius 2 is 1.88 bits per heavy atom. The van der Waals surface area contributed by atoms with E-state index in [1.165, 1.54) is 35.4 Å². The minimum Gasteiger partial charge on any atom is -0.374 e. The number of hydrogen-bond donors (Lipinski definition) is 2. The number of guanidine groups is 1. The van der Waals surface area contributed by atoms with Crippen molar-refractivity contribution < 1.29 is 4.39 Å². The normalized spacial score (nSPS) is 14.2. The first-order valence-corrected chi connectivity index (χ1v) is 8.67. The van der Waals surface area contributed by atoms with E-state index >= 15 is 0 Å². The van der Waals surface area contributed by atoms with Crippen LogP contribution < -0.4 is 15.5 Å². The zero-order chi connectivity index (χ0) is 17.6. The van der Waals surface area contributed by atoms with Gasteiger partial charge in [0, 0.05) is 39.4 Å². The van der Waals surface area contributed by atoms with Gasteiger partial charge in [-0.3, -0.25) is 4.99 Å². The number of benzene rings is 2. The Morgan fingerprint density at radius 3 is 2.60 bits per heavy atom. The highest BCUT2D eigenvalue weighted by molar-refractivity contribution is 5.79. The minimum atomic E-state index is -0.221. The molecule has 0 aliphatic carbocycles. The Labute approximate surface area is 148 Å². The van der Waals surface area contributed by atoms with Gasteiger partial charge in [0.15, 0.2) is 5.96 Å². The molecule has 1 aliphatic heterocycles. The molecule has 2 aromatic carbocycles. The Kier molecular flexibility index (Phi) is 5.53. The molecule has 0 bridgehead atoms. The van der Waals surface area contributed by atoms with Crippen LogP contribution in [0, 0.1) is 5.82 Å². The van der Waals surface area contributed by atoms with Gasteiger partial charge >= 0.3 is 0 Å². The van der Waals surface area contributed by atoms with Crippen LogP contribution in [-0.2, 0) is 19.5 Å². The highest BCUT2D eigenvalue weighted by atomic mass is 19.1. The van der Waals surface area contributed by atoms with E-state index < -0.39 is 0 Å². The Hall–Kier alpha value is -2.56. The molecule has 1 heterocycles. The predicted octanol–water partition coefficient (Wildman–Crippen LogP) is 3.07. The van der Waals surface area contributed by atoms with Gasteiger partial charge in [0.25, 0.3) is 0 Å². The smallest absolute Gasteiger partial charge is 0.191 e. The van der Waals surface area contributed by atoms with Crippen LogP contribution in [0.1, 0.15) is 23.1 Å². The molecular formula is C20H25FN4. The molecule has 0 aromatic heterocycles. The lowest BCUT2D eigenvalue weighted by Gasteiger charge is -2.28. The van der Waals surface area contributed by atoms with E-state index in [1.807, 2.05) is 6.07 Å². The molecule has 132 valence electrons. The quantitative estimate of drug-likeness (QED) is 0.664. The maximum absolute atomic E-state index is 13.2. The first kappa shape index (κ1) is 17.3. The number of aliphatic imine (C=N–C) groups is 1. The number of aryl methyl sites for hydroxylation is 1. The van der Waals surface area contributed by atoms with Crippen LogP contribution in [0.4, 0.5) is 10.1 Å². The molecule has 0 amide bonds. The average molecular weight is 340 g/mol. The van der Waals surface area contributed by atoms with Crippen LogP contribution in [0.2, 0.25) is 0 Å². The van der Waals surface area contributed by atoms with E-state index in [2.05, 4.69) is 45.8 Å². The van der Waals surface area contributed by atoms with Gasteiger partial charge in [-0.25, -0.2) is 4.39 Å². The number of rotatable bonds is 4. The van der Waals surface area contributed by atoms with Gasteiger partial charge in [0.1, 0.15) is 5.82 Å². The lowest BCUT2D eigenvalue weighted by atomic mass is 9.99. The van der Waals surface area contributed by atoms with E-state index in [1.54, 1.807) is 13.1 Å². The van der Waals surface area contributed by atoms with Crippen LogP contribution >= 0.6 is 0 Å². The SMILES string of the molecule is CN=C(NCc1cccc(F)c1)NCc1ccc2c(c1)CCCN2C. The average Bonchev–Trinajstić information content (AvgIpc) is 2.62. The van der Waals surface area contributed by atoms with Crippen molar-refractivity contribution in [2.75, 3.05) is 25.5 Å². The van der Waals surface area contributed by atoms with Crippen molar-refractivity contribution in [3.8, 4) is 0 Å². The molecule has 4 nitrogen and oxygen atoms in total. The zero-order valence-corrected chi connectivity index (χ0v) is 14.8. The van der Waals surface area contributed by atoms with Gasteiger partial charge in [-0.2, -0.15) is 0 Å². The molecule has 1 aliphatic rings. The van der Waals surface area contributed by atoms with Crippen molar-refractivity contribution in [1.29, 1.82) is 0 Å². The number of halogens is 1. The first-order chi connectivity index (χ1) is 12.2. The predicted molar refractivity (Wildman–Crippen MR) is 101 cm³/mol. The molecule has 3 rings (SSSR count). The van der Waals surface area contributed by atoms with Crippen molar-refractivity contribution in [2.45, 2.75) is 25.9 Å². The van der Waals surface area contributed by atoms with E-state index in [0.717, 1.165) is 18.5 Å². The Balaban J connectivity index is 1.56. The molecule has 0 spiro atoms. The van der Waals surface area contributed by atoms with Gasteiger partial charge in [0.2, 0.25) is 0 Å². The van der Waals surface area contributed by atoms with Gasteiger partial charge in [-0.1, -0.05) is 24.3 Å². The number of nitrogens with one attached hydrogen (secondary N) is 2. The van der Waals surface area contributed by atoms with E-state index in [0.29, 0.717) is 19.0 Å². The first-order valence-electron chi connectivity index (χ1n) is 8.67. The third kappa shape index (κ3) is 4.50. The van der Waals surface area contributed by atoms with E-state index in [-0.39, 0.29) is 5.82 Å². The summed E-state index contributed by atoms with van der Waals surface area (Å²) in [6.07, 6.45) is 2.34. The molecule has 0 atom stereocenters. The molecule has 0 radical (unpaired) electrons. The van der Waals surface area contributed by atoms with Gasteiger partial charge in [-0.05, 0) is 47.7 Å². The zero-order valence-electron chi connectivity index (χ0n) is 14.8. The lowest BCUT2D eigenvalue weighted by molar-refractivity contribution is 0.624. The standard InChI is InChI=1S/C20H25FN4/c1-22-20(23-13-15-5-3-7-18(21)12-15)24-14-16-8-9-19-17(11-16)6-4-10-25(19)2/h3,5,7-9,11-12H,4,6,10,13-14H2,1-2H3,(H2,22,23,24). The fourth-order valence-corrected chi connectivity index (χ4v) is 3.19. The molecule has 2 N–H and O–H groups in total. The topological polar surface area (TPSA) is 39.7 Å². The maximum atomic E-state index is 13.2. The van der Waals surface area contributed by atoms with Crippen molar-refractivity contribution in [1.82, 2.24) is 10.6 Å². The summed E-state index contributed by atoms with van der Waals surface area (Å²) in [5.74, 6) is 0.486. The third-order valence-corrected chi connectivity index (χ3v) is 4.53. The fraction of sp³-hybridized carbons (Fsp3) is 0.350. The summed E-state index contributed by atoms with van der Waals surface area (Å²) in [6, 6.07) is 13.2. The molecule has 0 unspecified atom stereocenters. The maximum Gasteiger partial charge on any atom is 0.191 e. The molecule has 2 aromatic rings. The van der Waals surface area contributed by atoms with E-state index in [4.69, 9.17) is 0 Å². The molecule has 0 saturated heterocycles. The Bertz CT molecular complexity index is 757. The summed E-state index contributed by atoms with van der Waals surface area (Å²) in [7, 11) is 3.89. The summed E-state index contributed by atoms with van der Waals surface area (Å²) in [6.45, 7) is 2.37. The van der Waals surface area contributed by atoms with Crippen LogP contribution in [0.3, 0.4) is 0 Å². The van der Waals surface area contributed by atoms with Crippen molar-refractivity contribution >= 4 is 11.6 Å². The van der Waals surface area contributed by atoms with Crippen LogP contribution in [0.15, 0.2) is 47.5 Å². The number of nitrogens with zero attached hydrogens (tertiary/aromatic N) is 2. The van der Waals surface area contributed by atoms with Crippen molar-refractivity contribution in [3.05, 3.63) is 65.0 Å². The molecule has 25 heavy (non-hydrogen) atoms. The summed E-state index contributed by atoms with van der Waals surface area (Å²) in [4.78, 5) is 6.55. The van der Waals surface area contributed by atoms with Gasteiger partial charge < -0.3 is 15.5 Å². The molecular weight excluding hydrogens is 315 g/mol. The number of fused-ring (bicyclic) bond motifs is 1. The second-order valence-electron chi connectivity index (χ2n) is 6.40. The monoisotopic (exact) mass is 340 g/mol. The summed E-state index contributed by atoms with van der Waals surface area (Å²) in [5.41, 5.74) is 4.88. The highest BCUT2D eigenvalue weighted by Crippen LogP contribution is 2.26. The van der Waals surface area contributed by atoms with E-state index in [9.17, 15) is 4.39 Å². The minimum absolute atomic E-state index is 0.221. The molecule has 0 fully saturated rings. The largest absolute Gasteiger partial charge is 0.374 e. The highest BCUT2D eigenvalue weighted by Gasteiger charge is 2.13. The molecule has 0 saturated carbocycles. The summed E-state index contributed by atoms with van der Waals surface area (Å²) in [5, 5.41) is 6.54.